The van der Waals surface area contributed by atoms with Crippen molar-refractivity contribution >= 4 is 10.9 Å². The normalized spacial score (nSPS) is 14.9. The van der Waals surface area contributed by atoms with E-state index in [1.807, 2.05) is 24.4 Å². The van der Waals surface area contributed by atoms with E-state index < -0.39 is 5.82 Å². The first-order valence-electron chi connectivity index (χ1n) is 9.70. The van der Waals surface area contributed by atoms with Gasteiger partial charge in [-0.1, -0.05) is 18.2 Å². The standard InChI is InChI=1S/C22H20FN5O/c23-19-3-1-2-4-21(19)29-22-18-6-5-15(11-20(18)25-14-26-22)16-12-27-28(13-16)17-7-9-24-10-8-17/h1-6,11-14,17,24H,7-10H2. The van der Waals surface area contributed by atoms with E-state index in [1.54, 1.807) is 18.2 Å². The second kappa shape index (κ2) is 7.60. The predicted octanol–water partition coefficient (Wildman–Crippen LogP) is 4.35. The van der Waals surface area contributed by atoms with Gasteiger partial charge in [-0.2, -0.15) is 5.10 Å². The molecule has 0 bridgehead atoms. The van der Waals surface area contributed by atoms with Crippen LogP contribution >= 0.6 is 0 Å². The lowest BCUT2D eigenvalue weighted by Crippen LogP contribution is -2.29. The zero-order chi connectivity index (χ0) is 19.6. The fraction of sp³-hybridized carbons (Fsp3) is 0.227. The Bertz CT molecular complexity index is 1150. The summed E-state index contributed by atoms with van der Waals surface area (Å²) in [7, 11) is 0. The minimum absolute atomic E-state index is 0.139. The molecule has 3 heterocycles. The summed E-state index contributed by atoms with van der Waals surface area (Å²) in [6.07, 6.45) is 7.59. The number of nitrogens with one attached hydrogen (secondary N) is 1. The Morgan fingerprint density at radius 1 is 1.03 bits per heavy atom. The third-order valence-electron chi connectivity index (χ3n) is 5.26. The average Bonchev–Trinajstić information content (AvgIpc) is 3.26. The quantitative estimate of drug-likeness (QED) is 0.562. The highest BCUT2D eigenvalue weighted by Gasteiger charge is 2.16. The molecule has 1 aliphatic rings. The molecular formula is C22H20FN5O. The summed E-state index contributed by atoms with van der Waals surface area (Å²) in [4.78, 5) is 8.56. The molecule has 6 nitrogen and oxygen atoms in total. The Balaban J connectivity index is 1.45. The van der Waals surface area contributed by atoms with E-state index in [4.69, 9.17) is 4.74 Å². The van der Waals surface area contributed by atoms with Crippen LogP contribution in [-0.4, -0.2) is 32.8 Å². The van der Waals surface area contributed by atoms with Crippen LogP contribution in [0.25, 0.3) is 22.0 Å². The highest BCUT2D eigenvalue weighted by atomic mass is 19.1. The van der Waals surface area contributed by atoms with Crippen molar-refractivity contribution in [1.29, 1.82) is 0 Å². The number of para-hydroxylation sites is 1. The molecule has 0 aliphatic carbocycles. The van der Waals surface area contributed by atoms with Crippen molar-refractivity contribution in [3.05, 3.63) is 67.0 Å². The van der Waals surface area contributed by atoms with Gasteiger partial charge >= 0.3 is 0 Å². The molecule has 1 N–H and O–H groups in total. The molecule has 1 fully saturated rings. The molecule has 0 saturated carbocycles. The zero-order valence-corrected chi connectivity index (χ0v) is 15.8. The van der Waals surface area contributed by atoms with Crippen molar-refractivity contribution in [2.75, 3.05) is 13.1 Å². The SMILES string of the molecule is Fc1ccccc1Oc1ncnc2cc(-c3cnn(C4CCNCC4)c3)ccc12. The summed E-state index contributed by atoms with van der Waals surface area (Å²) in [5, 5.41) is 8.67. The molecule has 4 aromatic rings. The van der Waals surface area contributed by atoms with Crippen molar-refractivity contribution in [2.24, 2.45) is 0 Å². The van der Waals surface area contributed by atoms with Crippen molar-refractivity contribution in [3.63, 3.8) is 0 Å². The number of fused-ring (bicyclic) bond motifs is 1. The van der Waals surface area contributed by atoms with E-state index in [9.17, 15) is 4.39 Å². The first-order valence-corrected chi connectivity index (χ1v) is 9.70. The van der Waals surface area contributed by atoms with Crippen LogP contribution in [0.2, 0.25) is 0 Å². The van der Waals surface area contributed by atoms with Crippen LogP contribution in [0.5, 0.6) is 11.6 Å². The van der Waals surface area contributed by atoms with Crippen LogP contribution in [0.3, 0.4) is 0 Å². The Morgan fingerprint density at radius 3 is 2.76 bits per heavy atom. The summed E-state index contributed by atoms with van der Waals surface area (Å²) < 4.78 is 21.7. The second-order valence-electron chi connectivity index (χ2n) is 7.13. The van der Waals surface area contributed by atoms with Gasteiger partial charge in [-0.15, -0.1) is 0 Å². The van der Waals surface area contributed by atoms with Gasteiger partial charge in [-0.05, 0) is 55.8 Å². The van der Waals surface area contributed by atoms with Gasteiger partial charge in [0.1, 0.15) is 6.33 Å². The number of piperidine rings is 1. The van der Waals surface area contributed by atoms with Crippen LogP contribution in [-0.2, 0) is 0 Å². The van der Waals surface area contributed by atoms with Gasteiger partial charge in [0.05, 0.1) is 23.1 Å². The number of halogens is 1. The molecule has 2 aromatic heterocycles. The smallest absolute Gasteiger partial charge is 0.230 e. The van der Waals surface area contributed by atoms with Crippen molar-refractivity contribution in [3.8, 4) is 22.8 Å². The number of nitrogens with zero attached hydrogens (tertiary/aromatic N) is 4. The number of ether oxygens (including phenoxy) is 1. The van der Waals surface area contributed by atoms with Gasteiger partial charge in [0, 0.05) is 11.8 Å². The lowest BCUT2D eigenvalue weighted by molar-refractivity contribution is 0.343. The predicted molar refractivity (Wildman–Crippen MR) is 108 cm³/mol. The Labute approximate surface area is 167 Å². The van der Waals surface area contributed by atoms with Crippen molar-refractivity contribution in [2.45, 2.75) is 18.9 Å². The number of hydrogen-bond acceptors (Lipinski definition) is 5. The van der Waals surface area contributed by atoms with Gasteiger partial charge in [-0.3, -0.25) is 4.68 Å². The molecule has 146 valence electrons. The topological polar surface area (TPSA) is 64.9 Å². The van der Waals surface area contributed by atoms with Crippen LogP contribution in [0.4, 0.5) is 4.39 Å². The molecule has 1 aliphatic heterocycles. The van der Waals surface area contributed by atoms with Gasteiger partial charge in [0.25, 0.3) is 0 Å². The highest BCUT2D eigenvalue weighted by Crippen LogP contribution is 2.31. The average molecular weight is 389 g/mol. The molecule has 2 aromatic carbocycles. The minimum atomic E-state index is -0.429. The molecule has 0 unspecified atom stereocenters. The third kappa shape index (κ3) is 3.56. The highest BCUT2D eigenvalue weighted by molar-refractivity contribution is 5.87. The zero-order valence-electron chi connectivity index (χ0n) is 15.8. The molecule has 29 heavy (non-hydrogen) atoms. The van der Waals surface area contributed by atoms with E-state index in [0.29, 0.717) is 11.9 Å². The maximum Gasteiger partial charge on any atom is 0.230 e. The molecule has 0 radical (unpaired) electrons. The van der Waals surface area contributed by atoms with Gasteiger partial charge in [-0.25, -0.2) is 14.4 Å². The second-order valence-corrected chi connectivity index (χ2v) is 7.13. The summed E-state index contributed by atoms with van der Waals surface area (Å²) in [5.74, 6) is 0.0399. The summed E-state index contributed by atoms with van der Waals surface area (Å²) in [5.41, 5.74) is 2.80. The Morgan fingerprint density at radius 2 is 1.90 bits per heavy atom. The molecule has 0 atom stereocenters. The summed E-state index contributed by atoms with van der Waals surface area (Å²) in [6, 6.07) is 12.6. The number of aromatic nitrogens is 4. The Hall–Kier alpha value is -3.32. The van der Waals surface area contributed by atoms with E-state index in [2.05, 4.69) is 31.3 Å². The van der Waals surface area contributed by atoms with E-state index in [0.717, 1.165) is 48.0 Å². The summed E-state index contributed by atoms with van der Waals surface area (Å²) in [6.45, 7) is 2.05. The Kier molecular flexibility index (Phi) is 4.65. The largest absolute Gasteiger partial charge is 0.435 e. The third-order valence-corrected chi connectivity index (χ3v) is 5.26. The molecule has 7 heteroatoms. The fourth-order valence-electron chi connectivity index (χ4n) is 3.68. The van der Waals surface area contributed by atoms with Crippen molar-refractivity contribution in [1.82, 2.24) is 25.1 Å². The molecule has 0 spiro atoms. The van der Waals surface area contributed by atoms with Gasteiger partial charge < -0.3 is 10.1 Å². The minimum Gasteiger partial charge on any atom is -0.435 e. The monoisotopic (exact) mass is 389 g/mol. The summed E-state index contributed by atoms with van der Waals surface area (Å²) >= 11 is 0. The number of rotatable bonds is 4. The first kappa shape index (κ1) is 17.8. The van der Waals surface area contributed by atoms with Crippen molar-refractivity contribution < 1.29 is 9.13 Å². The number of hydrogen-bond donors (Lipinski definition) is 1. The first-order chi connectivity index (χ1) is 14.3. The van der Waals surface area contributed by atoms with Crippen LogP contribution in [0.15, 0.2) is 61.2 Å². The lowest BCUT2D eigenvalue weighted by atomic mass is 10.1. The molecule has 5 rings (SSSR count). The van der Waals surface area contributed by atoms with Crippen LogP contribution < -0.4 is 10.1 Å². The molecule has 0 amide bonds. The molecule has 1 saturated heterocycles. The maximum absolute atomic E-state index is 13.9. The van der Waals surface area contributed by atoms with E-state index in [-0.39, 0.29) is 5.75 Å². The van der Waals surface area contributed by atoms with Gasteiger partial charge in [0.2, 0.25) is 5.88 Å². The number of benzene rings is 2. The van der Waals surface area contributed by atoms with E-state index in [1.165, 1.54) is 12.4 Å². The van der Waals surface area contributed by atoms with Crippen LogP contribution in [0, 0.1) is 5.82 Å². The van der Waals surface area contributed by atoms with E-state index >= 15 is 0 Å². The van der Waals surface area contributed by atoms with Crippen LogP contribution in [0.1, 0.15) is 18.9 Å². The van der Waals surface area contributed by atoms with Gasteiger partial charge in [0.15, 0.2) is 11.6 Å². The fourth-order valence-corrected chi connectivity index (χ4v) is 3.68. The lowest BCUT2D eigenvalue weighted by Gasteiger charge is -2.22. The maximum atomic E-state index is 13.9. The molecular weight excluding hydrogens is 369 g/mol.